The fourth-order valence-electron chi connectivity index (χ4n) is 5.14. The largest absolute Gasteiger partial charge is 0.351 e. The second kappa shape index (κ2) is 3.85. The third-order valence-corrected chi connectivity index (χ3v) is 6.09. The van der Waals surface area contributed by atoms with E-state index in [-0.39, 0.29) is 11.9 Å². The molecule has 5 nitrogen and oxygen atoms in total. The average molecular weight is 272 g/mol. The summed E-state index contributed by atoms with van der Waals surface area (Å²) in [6.07, 6.45) is 6.65. The van der Waals surface area contributed by atoms with Crippen molar-refractivity contribution in [2.45, 2.75) is 44.3 Å². The van der Waals surface area contributed by atoms with Crippen molar-refractivity contribution in [1.82, 2.24) is 20.6 Å². The fourth-order valence-corrected chi connectivity index (χ4v) is 5.14. The maximum absolute atomic E-state index is 12.4. The minimum absolute atomic E-state index is 0.107. The Kier molecular flexibility index (Phi) is 2.18. The molecule has 2 bridgehead atoms. The Labute approximate surface area is 117 Å². The molecule has 3 saturated carbocycles. The van der Waals surface area contributed by atoms with Crippen LogP contribution in [-0.4, -0.2) is 28.0 Å². The van der Waals surface area contributed by atoms with Gasteiger partial charge in [0, 0.05) is 19.0 Å². The molecule has 0 saturated heterocycles. The van der Waals surface area contributed by atoms with Gasteiger partial charge in [0.1, 0.15) is 0 Å². The third kappa shape index (κ3) is 1.47. The SMILES string of the molecule is O=C(NC1C2C3CCC(C3)C12)C1Cc2nc[nH]c2CN1. The van der Waals surface area contributed by atoms with Crippen LogP contribution in [0.1, 0.15) is 30.7 Å². The number of nitrogens with one attached hydrogen (secondary N) is 3. The molecule has 5 rings (SSSR count). The predicted molar refractivity (Wildman–Crippen MR) is 72.7 cm³/mol. The maximum atomic E-state index is 12.4. The summed E-state index contributed by atoms with van der Waals surface area (Å²) in [6.45, 7) is 0.718. The topological polar surface area (TPSA) is 69.8 Å². The van der Waals surface area contributed by atoms with Gasteiger partial charge in [-0.2, -0.15) is 0 Å². The van der Waals surface area contributed by atoms with Crippen LogP contribution >= 0.6 is 0 Å². The number of fused-ring (bicyclic) bond motifs is 6. The summed E-state index contributed by atoms with van der Waals surface area (Å²) < 4.78 is 0. The molecule has 4 aliphatic rings. The fraction of sp³-hybridized carbons (Fsp3) is 0.733. The smallest absolute Gasteiger partial charge is 0.237 e. The van der Waals surface area contributed by atoms with Crippen LogP contribution in [0.3, 0.4) is 0 Å². The quantitative estimate of drug-likeness (QED) is 0.738. The molecule has 0 spiro atoms. The van der Waals surface area contributed by atoms with E-state index < -0.39 is 0 Å². The summed E-state index contributed by atoms with van der Waals surface area (Å²) in [5, 5.41) is 6.62. The Balaban J connectivity index is 1.25. The number of carbonyl (C=O) groups excluding carboxylic acids is 1. The van der Waals surface area contributed by atoms with Gasteiger partial charge in [0.15, 0.2) is 0 Å². The molecule has 1 aromatic rings. The molecule has 3 aliphatic carbocycles. The van der Waals surface area contributed by atoms with Gasteiger partial charge in [0.05, 0.1) is 23.8 Å². The molecule has 3 N–H and O–H groups in total. The predicted octanol–water partition coefficient (Wildman–Crippen LogP) is 0.585. The third-order valence-electron chi connectivity index (χ3n) is 6.09. The Morgan fingerprint density at radius 1 is 1.30 bits per heavy atom. The summed E-state index contributed by atoms with van der Waals surface area (Å²) in [7, 11) is 0. The number of nitrogens with zero attached hydrogens (tertiary/aromatic N) is 1. The van der Waals surface area contributed by atoms with Crippen LogP contribution in [0, 0.1) is 23.7 Å². The van der Waals surface area contributed by atoms with Crippen molar-refractivity contribution < 1.29 is 4.79 Å². The Bertz CT molecular complexity index is 552. The van der Waals surface area contributed by atoms with Crippen molar-refractivity contribution in [2.75, 3.05) is 0 Å². The van der Waals surface area contributed by atoms with E-state index >= 15 is 0 Å². The van der Waals surface area contributed by atoms with Crippen LogP contribution < -0.4 is 10.6 Å². The number of amides is 1. The Morgan fingerprint density at radius 2 is 2.10 bits per heavy atom. The first-order valence-electron chi connectivity index (χ1n) is 7.86. The number of aromatic amines is 1. The molecule has 5 heteroatoms. The zero-order valence-electron chi connectivity index (χ0n) is 11.4. The van der Waals surface area contributed by atoms with E-state index in [1.165, 1.54) is 19.3 Å². The van der Waals surface area contributed by atoms with Gasteiger partial charge in [0.25, 0.3) is 0 Å². The second-order valence-corrected chi connectivity index (χ2v) is 6.99. The summed E-state index contributed by atoms with van der Waals surface area (Å²) in [5.74, 6) is 3.61. The molecule has 2 heterocycles. The normalized spacial score (nSPS) is 44.0. The summed E-state index contributed by atoms with van der Waals surface area (Å²) in [4.78, 5) is 19.9. The second-order valence-electron chi connectivity index (χ2n) is 6.99. The molecule has 20 heavy (non-hydrogen) atoms. The Morgan fingerprint density at radius 3 is 2.90 bits per heavy atom. The van der Waals surface area contributed by atoms with E-state index in [1.54, 1.807) is 6.33 Å². The van der Waals surface area contributed by atoms with E-state index in [0.29, 0.717) is 12.5 Å². The zero-order chi connectivity index (χ0) is 13.3. The van der Waals surface area contributed by atoms with Crippen molar-refractivity contribution >= 4 is 5.91 Å². The maximum Gasteiger partial charge on any atom is 0.237 e. The highest BCUT2D eigenvalue weighted by Crippen LogP contribution is 2.65. The van der Waals surface area contributed by atoms with Gasteiger partial charge < -0.3 is 10.3 Å². The summed E-state index contributed by atoms with van der Waals surface area (Å²) >= 11 is 0. The highest BCUT2D eigenvalue weighted by molar-refractivity contribution is 5.83. The summed E-state index contributed by atoms with van der Waals surface area (Å²) in [5.41, 5.74) is 2.16. The standard InChI is InChI=1S/C15H20N4O/c20-15(10-4-9-11(5-16-10)18-6-17-9)19-14-12-7-1-2-8(3-7)13(12)14/h6-8,10,12-14,16H,1-5H2,(H,17,18)(H,19,20). The molecular weight excluding hydrogens is 252 g/mol. The van der Waals surface area contributed by atoms with Crippen LogP contribution in [0.2, 0.25) is 0 Å². The Hall–Kier alpha value is -1.36. The van der Waals surface area contributed by atoms with Crippen molar-refractivity contribution in [3.05, 3.63) is 17.7 Å². The van der Waals surface area contributed by atoms with Crippen LogP contribution in [0.5, 0.6) is 0 Å². The molecule has 0 aromatic carbocycles. The number of H-pyrrole nitrogens is 1. The van der Waals surface area contributed by atoms with E-state index in [4.69, 9.17) is 0 Å². The molecule has 5 atom stereocenters. The van der Waals surface area contributed by atoms with Gasteiger partial charge in [-0.05, 0) is 42.9 Å². The van der Waals surface area contributed by atoms with Crippen LogP contribution in [-0.2, 0) is 17.8 Å². The number of hydrogen-bond donors (Lipinski definition) is 3. The minimum atomic E-state index is -0.107. The zero-order valence-corrected chi connectivity index (χ0v) is 11.4. The van der Waals surface area contributed by atoms with Gasteiger partial charge in [-0.3, -0.25) is 10.1 Å². The molecule has 3 fully saturated rings. The number of carbonyl (C=O) groups is 1. The highest BCUT2D eigenvalue weighted by atomic mass is 16.2. The lowest BCUT2D eigenvalue weighted by Gasteiger charge is -2.23. The molecule has 0 radical (unpaired) electrons. The first-order chi connectivity index (χ1) is 9.81. The van der Waals surface area contributed by atoms with Crippen molar-refractivity contribution in [3.8, 4) is 0 Å². The number of imidazole rings is 1. The number of rotatable bonds is 2. The first-order valence-corrected chi connectivity index (χ1v) is 7.86. The lowest BCUT2D eigenvalue weighted by atomic mass is 10.0. The van der Waals surface area contributed by atoms with Gasteiger partial charge in [-0.25, -0.2) is 4.98 Å². The van der Waals surface area contributed by atoms with Crippen LogP contribution in [0.25, 0.3) is 0 Å². The monoisotopic (exact) mass is 272 g/mol. The van der Waals surface area contributed by atoms with Crippen molar-refractivity contribution in [2.24, 2.45) is 23.7 Å². The molecule has 5 unspecified atom stereocenters. The number of hydrogen-bond acceptors (Lipinski definition) is 3. The average Bonchev–Trinajstić information content (AvgIpc) is 2.92. The lowest BCUT2D eigenvalue weighted by Crippen LogP contribution is -2.49. The van der Waals surface area contributed by atoms with E-state index in [0.717, 1.165) is 41.6 Å². The molecule has 106 valence electrons. The first kappa shape index (κ1) is 11.3. The van der Waals surface area contributed by atoms with E-state index in [9.17, 15) is 4.79 Å². The van der Waals surface area contributed by atoms with Gasteiger partial charge >= 0.3 is 0 Å². The summed E-state index contributed by atoms with van der Waals surface area (Å²) in [6, 6.07) is 0.376. The molecule has 1 aliphatic heterocycles. The van der Waals surface area contributed by atoms with Gasteiger partial charge in [-0.1, -0.05) is 0 Å². The van der Waals surface area contributed by atoms with E-state index in [1.807, 2.05) is 0 Å². The molecular formula is C15H20N4O. The number of aromatic nitrogens is 2. The minimum Gasteiger partial charge on any atom is -0.351 e. The molecule has 1 aromatic heterocycles. The van der Waals surface area contributed by atoms with Crippen LogP contribution in [0.4, 0.5) is 0 Å². The van der Waals surface area contributed by atoms with Crippen molar-refractivity contribution in [1.29, 1.82) is 0 Å². The van der Waals surface area contributed by atoms with Gasteiger partial charge in [-0.15, -0.1) is 0 Å². The van der Waals surface area contributed by atoms with E-state index in [2.05, 4.69) is 20.6 Å². The van der Waals surface area contributed by atoms with Gasteiger partial charge in [0.2, 0.25) is 5.91 Å². The molecule has 1 amide bonds. The lowest BCUT2D eigenvalue weighted by molar-refractivity contribution is -0.123. The highest BCUT2D eigenvalue weighted by Gasteiger charge is 2.65. The van der Waals surface area contributed by atoms with Crippen molar-refractivity contribution in [3.63, 3.8) is 0 Å². The van der Waals surface area contributed by atoms with Crippen LogP contribution in [0.15, 0.2) is 6.33 Å².